The molecule has 0 aromatic heterocycles. The molecule has 0 N–H and O–H groups in total. The van der Waals surface area contributed by atoms with Crippen molar-refractivity contribution in [3.8, 4) is 0 Å². The number of nitrogens with zero attached hydrogens (tertiary/aromatic N) is 2. The van der Waals surface area contributed by atoms with Gasteiger partial charge in [-0.25, -0.2) is 0 Å². The van der Waals surface area contributed by atoms with Gasteiger partial charge in [0.05, 0.1) is 0 Å². The zero-order valence-electron chi connectivity index (χ0n) is 10.7. The Balaban J connectivity index is 1.96. The highest BCUT2D eigenvalue weighted by Crippen LogP contribution is 2.41. The third-order valence-corrected chi connectivity index (χ3v) is 3.85. The van der Waals surface area contributed by atoms with Gasteiger partial charge >= 0.3 is 0 Å². The highest BCUT2D eigenvalue weighted by atomic mass is 35.5. The van der Waals surface area contributed by atoms with E-state index in [0.717, 1.165) is 31.2 Å². The van der Waals surface area contributed by atoms with Crippen LogP contribution in [0.15, 0.2) is 29.4 Å². The Kier molecular flexibility index (Phi) is 2.97. The third kappa shape index (κ3) is 2.10. The normalized spacial score (nSPS) is 20.5. The second kappa shape index (κ2) is 4.53. The van der Waals surface area contributed by atoms with Gasteiger partial charge in [0.25, 0.3) is 0 Å². The lowest BCUT2D eigenvalue weighted by molar-refractivity contribution is -0.146. The van der Waals surface area contributed by atoms with Crippen molar-refractivity contribution in [1.29, 1.82) is 0 Å². The van der Waals surface area contributed by atoms with E-state index in [1.165, 1.54) is 11.9 Å². The average molecular weight is 279 g/mol. The van der Waals surface area contributed by atoms with E-state index in [0.29, 0.717) is 10.9 Å². The summed E-state index contributed by atoms with van der Waals surface area (Å²) in [4.78, 5) is 11.8. The van der Waals surface area contributed by atoms with Crippen molar-refractivity contribution < 1.29 is 9.53 Å². The quantitative estimate of drug-likeness (QED) is 0.792. The molecule has 1 saturated carbocycles. The lowest BCUT2D eigenvalue weighted by atomic mass is 10.1. The Hall–Kier alpha value is -1.55. The van der Waals surface area contributed by atoms with E-state index in [-0.39, 0.29) is 5.91 Å². The maximum absolute atomic E-state index is 11.8. The Bertz CT molecular complexity index is 550. The van der Waals surface area contributed by atoms with Crippen LogP contribution in [0.4, 0.5) is 0 Å². The zero-order valence-corrected chi connectivity index (χ0v) is 11.5. The van der Waals surface area contributed by atoms with Gasteiger partial charge in [0, 0.05) is 30.4 Å². The fourth-order valence-corrected chi connectivity index (χ4v) is 2.95. The Morgan fingerprint density at radius 3 is 2.79 bits per heavy atom. The lowest BCUT2D eigenvalue weighted by Gasteiger charge is -2.29. The molecule has 19 heavy (non-hydrogen) atoms. The van der Waals surface area contributed by atoms with Crippen LogP contribution in [0.3, 0.4) is 0 Å². The standard InChI is InChI=1S/C14H15ClN2O2/c1-10(18)17-14(7-2-3-8-14)19-13(16-17)11-5-4-6-12(15)9-11/h4-6,9H,2-3,7-8H2,1H3. The Labute approximate surface area is 117 Å². The van der Waals surface area contributed by atoms with Crippen molar-refractivity contribution in [3.63, 3.8) is 0 Å². The minimum atomic E-state index is -0.566. The summed E-state index contributed by atoms with van der Waals surface area (Å²) in [5.41, 5.74) is 0.242. The van der Waals surface area contributed by atoms with Gasteiger partial charge in [0.1, 0.15) is 0 Å². The molecule has 1 aliphatic heterocycles. The molecular formula is C14H15ClN2O2. The summed E-state index contributed by atoms with van der Waals surface area (Å²) in [6.07, 6.45) is 3.78. The first-order valence-corrected chi connectivity index (χ1v) is 6.83. The smallest absolute Gasteiger partial charge is 0.243 e. The molecule has 0 atom stereocenters. The number of rotatable bonds is 1. The molecule has 0 radical (unpaired) electrons. The first-order valence-electron chi connectivity index (χ1n) is 6.45. The number of hydrazone groups is 1. The van der Waals surface area contributed by atoms with Crippen LogP contribution in [0.25, 0.3) is 0 Å². The predicted octanol–water partition coefficient (Wildman–Crippen LogP) is 3.15. The Morgan fingerprint density at radius 1 is 1.42 bits per heavy atom. The maximum atomic E-state index is 11.8. The molecule has 1 heterocycles. The molecule has 1 amide bonds. The van der Waals surface area contributed by atoms with Gasteiger partial charge in [-0.1, -0.05) is 17.7 Å². The molecule has 0 bridgehead atoms. The van der Waals surface area contributed by atoms with E-state index < -0.39 is 5.72 Å². The van der Waals surface area contributed by atoms with Crippen molar-refractivity contribution >= 4 is 23.4 Å². The zero-order chi connectivity index (χ0) is 13.5. The lowest BCUT2D eigenvalue weighted by Crippen LogP contribution is -2.44. The van der Waals surface area contributed by atoms with Crippen molar-refractivity contribution in [2.45, 2.75) is 38.3 Å². The van der Waals surface area contributed by atoms with E-state index in [1.54, 1.807) is 12.1 Å². The first-order chi connectivity index (χ1) is 9.11. The molecule has 5 heteroatoms. The van der Waals surface area contributed by atoms with Gasteiger partial charge in [-0.15, -0.1) is 5.10 Å². The number of hydrogen-bond acceptors (Lipinski definition) is 3. The summed E-state index contributed by atoms with van der Waals surface area (Å²) in [6, 6.07) is 7.33. The van der Waals surface area contributed by atoms with E-state index >= 15 is 0 Å². The summed E-state index contributed by atoms with van der Waals surface area (Å²) >= 11 is 5.98. The number of carbonyl (C=O) groups is 1. The second-order valence-electron chi connectivity index (χ2n) is 5.00. The fourth-order valence-electron chi connectivity index (χ4n) is 2.76. The SMILES string of the molecule is CC(=O)N1N=C(c2cccc(Cl)c2)OC12CCCC2. The second-order valence-corrected chi connectivity index (χ2v) is 5.44. The van der Waals surface area contributed by atoms with Crippen LogP contribution in [-0.4, -0.2) is 22.5 Å². The number of hydrogen-bond donors (Lipinski definition) is 0. The molecule has 1 fully saturated rings. The molecule has 1 spiro atoms. The largest absolute Gasteiger partial charge is 0.447 e. The summed E-state index contributed by atoms with van der Waals surface area (Å²) < 4.78 is 6.02. The molecule has 3 rings (SSSR count). The number of amides is 1. The summed E-state index contributed by atoms with van der Waals surface area (Å²) in [7, 11) is 0. The minimum absolute atomic E-state index is 0.0843. The molecule has 1 aromatic rings. The van der Waals surface area contributed by atoms with Gasteiger partial charge in [-0.05, 0) is 31.0 Å². The van der Waals surface area contributed by atoms with E-state index in [9.17, 15) is 4.79 Å². The Morgan fingerprint density at radius 2 is 2.16 bits per heavy atom. The fraction of sp³-hybridized carbons (Fsp3) is 0.429. The maximum Gasteiger partial charge on any atom is 0.243 e. The minimum Gasteiger partial charge on any atom is -0.447 e. The monoisotopic (exact) mass is 278 g/mol. The van der Waals surface area contributed by atoms with Gasteiger partial charge in [-0.2, -0.15) is 5.01 Å². The summed E-state index contributed by atoms with van der Waals surface area (Å²) in [5, 5.41) is 6.48. The number of benzene rings is 1. The van der Waals surface area contributed by atoms with Gasteiger partial charge in [0.15, 0.2) is 0 Å². The molecule has 1 aromatic carbocycles. The molecular weight excluding hydrogens is 264 g/mol. The van der Waals surface area contributed by atoms with Gasteiger partial charge in [-0.3, -0.25) is 4.79 Å². The molecule has 2 aliphatic rings. The van der Waals surface area contributed by atoms with Crippen LogP contribution < -0.4 is 0 Å². The van der Waals surface area contributed by atoms with Crippen LogP contribution in [0, 0.1) is 0 Å². The van der Waals surface area contributed by atoms with Crippen LogP contribution in [0.1, 0.15) is 38.2 Å². The van der Waals surface area contributed by atoms with Crippen molar-refractivity contribution in [2.24, 2.45) is 5.10 Å². The first kappa shape index (κ1) is 12.5. The van der Waals surface area contributed by atoms with E-state index in [2.05, 4.69) is 5.10 Å². The molecule has 0 unspecified atom stereocenters. The third-order valence-electron chi connectivity index (χ3n) is 3.62. The number of carbonyl (C=O) groups excluding carboxylic acids is 1. The summed E-state index contributed by atoms with van der Waals surface area (Å²) in [6.45, 7) is 1.52. The molecule has 4 nitrogen and oxygen atoms in total. The number of ether oxygens (including phenoxy) is 1. The van der Waals surface area contributed by atoms with Gasteiger partial charge < -0.3 is 4.74 Å². The molecule has 0 saturated heterocycles. The van der Waals surface area contributed by atoms with E-state index in [1.807, 2.05) is 12.1 Å². The van der Waals surface area contributed by atoms with Crippen LogP contribution in [-0.2, 0) is 9.53 Å². The number of halogens is 1. The van der Waals surface area contributed by atoms with Crippen LogP contribution in [0.5, 0.6) is 0 Å². The molecule has 1 aliphatic carbocycles. The molecule has 100 valence electrons. The topological polar surface area (TPSA) is 41.9 Å². The van der Waals surface area contributed by atoms with Crippen molar-refractivity contribution in [3.05, 3.63) is 34.9 Å². The van der Waals surface area contributed by atoms with Crippen LogP contribution in [0.2, 0.25) is 5.02 Å². The average Bonchev–Trinajstić information content (AvgIpc) is 2.98. The van der Waals surface area contributed by atoms with Crippen molar-refractivity contribution in [2.75, 3.05) is 0 Å². The summed E-state index contributed by atoms with van der Waals surface area (Å²) in [5.74, 6) is 0.401. The predicted molar refractivity (Wildman–Crippen MR) is 72.8 cm³/mol. The van der Waals surface area contributed by atoms with E-state index in [4.69, 9.17) is 16.3 Å². The highest BCUT2D eigenvalue weighted by Gasteiger charge is 2.49. The van der Waals surface area contributed by atoms with Gasteiger partial charge in [0.2, 0.25) is 17.5 Å². The highest BCUT2D eigenvalue weighted by molar-refractivity contribution is 6.31. The van der Waals surface area contributed by atoms with Crippen molar-refractivity contribution in [1.82, 2.24) is 5.01 Å². The van der Waals surface area contributed by atoms with Crippen LogP contribution >= 0.6 is 11.6 Å².